The average Bonchev–Trinajstić information content (AvgIpc) is 2.68. The summed E-state index contributed by atoms with van der Waals surface area (Å²) in [6.45, 7) is 0. The molecule has 0 aliphatic heterocycles. The molecule has 0 saturated carbocycles. The molecule has 0 atom stereocenters. The topological polar surface area (TPSA) is 130 Å². The standard InChI is InChI=1S/C11H10N4O4/c12-15-9(16)5-8(14-15)13-10(17)6-2-1-3-7(4-6)11(18)19/h1-5,14H,12H2,(H,13,17)(H,18,19). The third-order valence-corrected chi connectivity index (χ3v) is 2.37. The summed E-state index contributed by atoms with van der Waals surface area (Å²) in [4.78, 5) is 34.4. The molecule has 0 bridgehead atoms. The maximum atomic E-state index is 11.8. The lowest BCUT2D eigenvalue weighted by atomic mass is 10.1. The van der Waals surface area contributed by atoms with Gasteiger partial charge < -0.3 is 16.3 Å². The highest BCUT2D eigenvalue weighted by molar-refractivity contribution is 6.05. The van der Waals surface area contributed by atoms with Crippen LogP contribution in [0.1, 0.15) is 20.7 Å². The summed E-state index contributed by atoms with van der Waals surface area (Å²) in [7, 11) is 0. The van der Waals surface area contributed by atoms with Gasteiger partial charge in [0.15, 0.2) is 0 Å². The van der Waals surface area contributed by atoms with Gasteiger partial charge in [0.2, 0.25) is 0 Å². The monoisotopic (exact) mass is 262 g/mol. The third-order valence-electron chi connectivity index (χ3n) is 2.37. The fourth-order valence-electron chi connectivity index (χ4n) is 1.46. The van der Waals surface area contributed by atoms with Gasteiger partial charge in [0, 0.05) is 11.6 Å². The summed E-state index contributed by atoms with van der Waals surface area (Å²) < 4.78 is 0. The maximum absolute atomic E-state index is 11.8. The molecule has 98 valence electrons. The molecule has 2 aromatic rings. The minimum absolute atomic E-state index is 0.00228. The van der Waals surface area contributed by atoms with Gasteiger partial charge in [-0.15, -0.1) is 0 Å². The molecule has 5 N–H and O–H groups in total. The van der Waals surface area contributed by atoms with Gasteiger partial charge in [-0.2, -0.15) is 4.79 Å². The van der Waals surface area contributed by atoms with Crippen LogP contribution in [0.2, 0.25) is 0 Å². The van der Waals surface area contributed by atoms with Gasteiger partial charge in [-0.05, 0) is 18.2 Å². The second-order valence-electron chi connectivity index (χ2n) is 3.72. The Kier molecular flexibility index (Phi) is 3.06. The van der Waals surface area contributed by atoms with Gasteiger partial charge in [-0.25, -0.2) is 4.79 Å². The van der Waals surface area contributed by atoms with Crippen molar-refractivity contribution < 1.29 is 14.7 Å². The molecule has 0 saturated heterocycles. The zero-order valence-electron chi connectivity index (χ0n) is 9.58. The van der Waals surface area contributed by atoms with Crippen molar-refractivity contribution in [2.24, 2.45) is 0 Å². The minimum Gasteiger partial charge on any atom is -0.478 e. The number of benzene rings is 1. The van der Waals surface area contributed by atoms with Crippen molar-refractivity contribution in [1.29, 1.82) is 0 Å². The van der Waals surface area contributed by atoms with Crippen LogP contribution in [0.25, 0.3) is 0 Å². The number of aromatic nitrogens is 2. The normalized spacial score (nSPS) is 10.1. The first-order valence-corrected chi connectivity index (χ1v) is 5.19. The molecule has 1 amide bonds. The summed E-state index contributed by atoms with van der Waals surface area (Å²) in [6, 6.07) is 6.63. The van der Waals surface area contributed by atoms with E-state index in [0.29, 0.717) is 4.79 Å². The van der Waals surface area contributed by atoms with E-state index in [1.807, 2.05) is 0 Å². The number of nitrogens with one attached hydrogen (secondary N) is 2. The Hall–Kier alpha value is -3.03. The Morgan fingerprint density at radius 3 is 2.53 bits per heavy atom. The molecule has 0 unspecified atom stereocenters. The van der Waals surface area contributed by atoms with E-state index in [1.165, 1.54) is 24.3 Å². The van der Waals surface area contributed by atoms with E-state index >= 15 is 0 Å². The van der Waals surface area contributed by atoms with Crippen molar-refractivity contribution in [3.8, 4) is 0 Å². The molecule has 19 heavy (non-hydrogen) atoms. The molecule has 0 fully saturated rings. The first-order valence-electron chi connectivity index (χ1n) is 5.19. The van der Waals surface area contributed by atoms with Gasteiger partial charge in [-0.3, -0.25) is 14.7 Å². The van der Waals surface area contributed by atoms with Crippen LogP contribution in [0.4, 0.5) is 5.82 Å². The van der Waals surface area contributed by atoms with E-state index in [0.717, 1.165) is 6.07 Å². The van der Waals surface area contributed by atoms with Crippen molar-refractivity contribution in [3.05, 3.63) is 51.8 Å². The molecule has 1 heterocycles. The van der Waals surface area contributed by atoms with Crippen LogP contribution >= 0.6 is 0 Å². The summed E-state index contributed by atoms with van der Waals surface area (Å²) in [5.41, 5.74) is -0.349. The van der Waals surface area contributed by atoms with Gasteiger partial charge in [0.05, 0.1) is 5.56 Å². The number of carboxylic acids is 1. The molecule has 0 aliphatic rings. The highest BCUT2D eigenvalue weighted by atomic mass is 16.4. The Morgan fingerprint density at radius 1 is 1.26 bits per heavy atom. The number of rotatable bonds is 3. The number of nitrogen functional groups attached to an aromatic ring is 1. The van der Waals surface area contributed by atoms with Crippen LogP contribution in [0.5, 0.6) is 0 Å². The Labute approximate surface area is 106 Å². The second kappa shape index (κ2) is 4.69. The van der Waals surface area contributed by atoms with Crippen LogP contribution in [-0.2, 0) is 0 Å². The average molecular weight is 262 g/mol. The van der Waals surface area contributed by atoms with Gasteiger partial charge in [0.1, 0.15) is 5.82 Å². The number of carboxylic acid groups (broad SMARTS) is 1. The molecule has 0 spiro atoms. The van der Waals surface area contributed by atoms with Crippen molar-refractivity contribution in [2.45, 2.75) is 0 Å². The number of H-pyrrole nitrogens is 1. The Morgan fingerprint density at radius 2 is 1.95 bits per heavy atom. The van der Waals surface area contributed by atoms with Crippen LogP contribution in [0.3, 0.4) is 0 Å². The SMILES string of the molecule is Nn1[nH]c(NC(=O)c2cccc(C(=O)O)c2)cc1=O. The van der Waals surface area contributed by atoms with Crippen LogP contribution in [-0.4, -0.2) is 26.9 Å². The number of nitrogens with zero attached hydrogens (tertiary/aromatic N) is 1. The molecular formula is C11H10N4O4. The number of carbonyl (C=O) groups excluding carboxylic acids is 1. The number of hydrogen-bond acceptors (Lipinski definition) is 4. The molecule has 0 aliphatic carbocycles. The number of hydrogen-bond donors (Lipinski definition) is 4. The highest BCUT2D eigenvalue weighted by Gasteiger charge is 2.11. The number of amides is 1. The van der Waals surface area contributed by atoms with Crippen molar-refractivity contribution >= 4 is 17.7 Å². The third kappa shape index (κ3) is 2.63. The summed E-state index contributed by atoms with van der Waals surface area (Å²) in [6.07, 6.45) is 0. The predicted octanol–water partition coefficient (Wildman–Crippen LogP) is -0.159. The molecule has 8 nitrogen and oxygen atoms in total. The second-order valence-corrected chi connectivity index (χ2v) is 3.72. The van der Waals surface area contributed by atoms with Crippen LogP contribution in [0.15, 0.2) is 35.1 Å². The van der Waals surface area contributed by atoms with Crippen LogP contribution < -0.4 is 16.7 Å². The maximum Gasteiger partial charge on any atom is 0.335 e. The number of anilines is 1. The van der Waals surface area contributed by atoms with E-state index in [4.69, 9.17) is 10.9 Å². The molecule has 1 aromatic heterocycles. The van der Waals surface area contributed by atoms with Crippen molar-refractivity contribution in [2.75, 3.05) is 11.2 Å². The zero-order chi connectivity index (χ0) is 14.0. The lowest BCUT2D eigenvalue weighted by molar-refractivity contribution is 0.0697. The first kappa shape index (κ1) is 12.4. The molecular weight excluding hydrogens is 252 g/mol. The van der Waals surface area contributed by atoms with E-state index in [1.54, 1.807) is 0 Å². The fourth-order valence-corrected chi connectivity index (χ4v) is 1.46. The smallest absolute Gasteiger partial charge is 0.335 e. The predicted molar refractivity (Wildman–Crippen MR) is 66.6 cm³/mol. The quantitative estimate of drug-likeness (QED) is 0.571. The fraction of sp³-hybridized carbons (Fsp3) is 0. The van der Waals surface area contributed by atoms with Crippen molar-refractivity contribution in [3.63, 3.8) is 0 Å². The largest absolute Gasteiger partial charge is 0.478 e. The van der Waals surface area contributed by atoms with E-state index in [9.17, 15) is 14.4 Å². The Balaban J connectivity index is 2.22. The molecule has 0 radical (unpaired) electrons. The highest BCUT2D eigenvalue weighted by Crippen LogP contribution is 2.08. The van der Waals surface area contributed by atoms with Crippen molar-refractivity contribution in [1.82, 2.24) is 9.89 Å². The molecule has 1 aromatic carbocycles. The minimum atomic E-state index is -1.13. The number of nitrogens with two attached hydrogens (primary N) is 1. The number of carbonyl (C=O) groups is 2. The van der Waals surface area contributed by atoms with Gasteiger partial charge >= 0.3 is 5.97 Å². The van der Waals surface area contributed by atoms with Gasteiger partial charge in [0.25, 0.3) is 11.5 Å². The van der Waals surface area contributed by atoms with E-state index in [-0.39, 0.29) is 16.9 Å². The first-order chi connectivity index (χ1) is 8.97. The van der Waals surface area contributed by atoms with Crippen LogP contribution in [0, 0.1) is 0 Å². The number of aromatic amines is 1. The number of aromatic carboxylic acids is 1. The summed E-state index contributed by atoms with van der Waals surface area (Å²) in [5.74, 6) is 3.68. The summed E-state index contributed by atoms with van der Waals surface area (Å²) >= 11 is 0. The summed E-state index contributed by atoms with van der Waals surface area (Å²) in [5, 5.41) is 13.6. The van der Waals surface area contributed by atoms with Gasteiger partial charge in [-0.1, -0.05) is 6.07 Å². The molecule has 2 rings (SSSR count). The molecule has 8 heteroatoms. The Bertz CT molecular complexity index is 701. The lowest BCUT2D eigenvalue weighted by Gasteiger charge is -2.03. The lowest BCUT2D eigenvalue weighted by Crippen LogP contribution is -2.23. The zero-order valence-corrected chi connectivity index (χ0v) is 9.58. The van der Waals surface area contributed by atoms with E-state index < -0.39 is 17.4 Å². The van der Waals surface area contributed by atoms with E-state index in [2.05, 4.69) is 10.4 Å².